The molecule has 4 aliphatic rings. The molecule has 9 nitrogen and oxygen atoms in total. The summed E-state index contributed by atoms with van der Waals surface area (Å²) in [5.41, 5.74) is -1.49. The van der Waals surface area contributed by atoms with Crippen LogP contribution in [0.4, 0.5) is 13.2 Å². The van der Waals surface area contributed by atoms with Crippen molar-refractivity contribution in [3.8, 4) is 5.75 Å². The van der Waals surface area contributed by atoms with Gasteiger partial charge in [-0.1, -0.05) is 11.6 Å². The molecule has 6 rings (SSSR count). The summed E-state index contributed by atoms with van der Waals surface area (Å²) in [7, 11) is 0. The van der Waals surface area contributed by atoms with Crippen molar-refractivity contribution in [2.75, 3.05) is 0 Å². The zero-order valence-electron chi connectivity index (χ0n) is 18.8. The van der Waals surface area contributed by atoms with Crippen molar-refractivity contribution in [1.29, 1.82) is 0 Å². The minimum Gasteiger partial charge on any atom is -0.479 e. The maximum atomic E-state index is 13.0. The molecule has 2 bridgehead atoms. The molecular weight excluding hydrogens is 507 g/mol. The number of alkyl halides is 3. The molecule has 3 fully saturated rings. The molecule has 0 spiro atoms. The highest BCUT2D eigenvalue weighted by Crippen LogP contribution is 2.55. The number of aromatic nitrogens is 2. The lowest BCUT2D eigenvalue weighted by Crippen LogP contribution is -2.52. The minimum atomic E-state index is -4.67. The van der Waals surface area contributed by atoms with Crippen molar-refractivity contribution in [2.24, 2.45) is 0 Å². The molecule has 1 aliphatic carbocycles. The number of ketones is 1. The highest BCUT2D eigenvalue weighted by molar-refractivity contribution is 6.31. The van der Waals surface area contributed by atoms with Gasteiger partial charge in [-0.15, -0.1) is 23.4 Å². The number of carbonyl (C=O) groups excluding carboxylic acids is 2. The number of rotatable bonds is 5. The van der Waals surface area contributed by atoms with Crippen LogP contribution in [0.25, 0.3) is 0 Å². The fraction of sp³-hybridized carbons (Fsp3) is 0.565. The van der Waals surface area contributed by atoms with Crippen LogP contribution in [0.15, 0.2) is 22.6 Å². The molecule has 13 heteroatoms. The van der Waals surface area contributed by atoms with Gasteiger partial charge in [-0.2, -0.15) is 0 Å². The summed E-state index contributed by atoms with van der Waals surface area (Å²) >= 11 is 5.95. The first-order valence-corrected chi connectivity index (χ1v) is 12.0. The zero-order chi connectivity index (χ0) is 25.3. The lowest BCUT2D eigenvalue weighted by atomic mass is 9.82. The van der Waals surface area contributed by atoms with Gasteiger partial charge in [0, 0.05) is 10.9 Å². The van der Waals surface area contributed by atoms with E-state index in [0.29, 0.717) is 42.0 Å². The number of ether oxygens (including phenoxy) is 3. The molecule has 1 amide bonds. The Hall–Kier alpha value is -2.70. The van der Waals surface area contributed by atoms with Gasteiger partial charge in [-0.3, -0.25) is 14.3 Å². The number of Topliss-reactive ketones (excluding diaryl/α,β-unsaturated/α-hetero) is 1. The molecular formula is C23H21ClF3N3O6. The Morgan fingerprint density at radius 2 is 1.92 bits per heavy atom. The summed E-state index contributed by atoms with van der Waals surface area (Å²) in [4.78, 5) is 25.5. The topological polar surface area (TPSA) is 113 Å². The smallest absolute Gasteiger partial charge is 0.479 e. The van der Waals surface area contributed by atoms with Gasteiger partial charge in [0.1, 0.15) is 17.1 Å². The highest BCUT2D eigenvalue weighted by atomic mass is 35.5. The molecule has 1 aromatic carbocycles. The number of amides is 1. The molecule has 4 heterocycles. The van der Waals surface area contributed by atoms with Crippen molar-refractivity contribution in [2.45, 2.75) is 80.8 Å². The van der Waals surface area contributed by atoms with Crippen LogP contribution in [-0.4, -0.2) is 46.2 Å². The number of fused-ring (bicyclic) bond motifs is 3. The van der Waals surface area contributed by atoms with Crippen LogP contribution in [0.3, 0.4) is 0 Å². The third kappa shape index (κ3) is 4.14. The van der Waals surface area contributed by atoms with Gasteiger partial charge in [0.05, 0.1) is 18.1 Å². The van der Waals surface area contributed by atoms with E-state index < -0.39 is 35.8 Å². The van der Waals surface area contributed by atoms with E-state index in [-0.39, 0.29) is 42.7 Å². The monoisotopic (exact) mass is 527 g/mol. The van der Waals surface area contributed by atoms with E-state index in [1.54, 1.807) is 12.1 Å². The number of nitrogens with one attached hydrogen (secondary N) is 1. The van der Waals surface area contributed by atoms with Crippen LogP contribution in [0.5, 0.6) is 5.75 Å². The predicted octanol–water partition coefficient (Wildman–Crippen LogP) is 4.15. The summed E-state index contributed by atoms with van der Waals surface area (Å²) in [6, 6.07) is 4.67. The molecule has 0 radical (unpaired) electrons. The third-order valence-corrected chi connectivity index (χ3v) is 7.59. The number of hydrogen-bond donors (Lipinski definition) is 1. The van der Waals surface area contributed by atoms with Crippen LogP contribution >= 0.6 is 11.6 Å². The lowest BCUT2D eigenvalue weighted by molar-refractivity contribution is -0.352. The fourth-order valence-corrected chi connectivity index (χ4v) is 5.60. The number of carbonyl (C=O) groups is 2. The first-order valence-electron chi connectivity index (χ1n) is 11.6. The number of hydrogen-bond acceptors (Lipinski definition) is 8. The normalized spacial score (nSPS) is 33.1. The Labute approximate surface area is 207 Å². The average Bonchev–Trinajstić information content (AvgIpc) is 3.50. The van der Waals surface area contributed by atoms with E-state index in [0.717, 1.165) is 0 Å². The van der Waals surface area contributed by atoms with E-state index >= 15 is 0 Å². The van der Waals surface area contributed by atoms with E-state index in [1.807, 2.05) is 0 Å². The summed E-state index contributed by atoms with van der Waals surface area (Å²) < 4.78 is 59.0. The molecule has 3 aliphatic heterocycles. The molecule has 1 aromatic heterocycles. The average molecular weight is 528 g/mol. The summed E-state index contributed by atoms with van der Waals surface area (Å²) in [6.07, 6.45) is -4.39. The van der Waals surface area contributed by atoms with Crippen molar-refractivity contribution >= 4 is 23.3 Å². The van der Waals surface area contributed by atoms with Crippen molar-refractivity contribution in [3.05, 3.63) is 40.6 Å². The summed E-state index contributed by atoms with van der Waals surface area (Å²) in [5.74, 6) is -0.188. The summed E-state index contributed by atoms with van der Waals surface area (Å²) in [6.45, 7) is 0. The number of benzene rings is 1. The minimum absolute atomic E-state index is 0.117. The first kappa shape index (κ1) is 23.7. The molecule has 192 valence electrons. The Kier molecular flexibility index (Phi) is 5.36. The maximum Gasteiger partial charge on any atom is 0.522 e. The Morgan fingerprint density at radius 3 is 2.64 bits per heavy atom. The van der Waals surface area contributed by atoms with Crippen LogP contribution in [0.2, 0.25) is 5.02 Å². The standard InChI is InChI=1S/C23H21ClF3N3O6/c24-12-1-2-16-14(9-12)15(31)10-17(33-16)18(32)28-22-5-3-21(36-22,4-6-22)20-30-29-19(34-20)11-7-13(8-11)35-23(25,26)27/h1-2,9,11,13,17H,3-8,10H2,(H,28,32). The van der Waals surface area contributed by atoms with Crippen LogP contribution in [0.1, 0.15) is 73.0 Å². The second kappa shape index (κ2) is 8.15. The van der Waals surface area contributed by atoms with E-state index in [1.165, 1.54) is 6.07 Å². The van der Waals surface area contributed by atoms with Gasteiger partial charge in [0.25, 0.3) is 5.91 Å². The molecule has 1 atom stereocenters. The second-order valence-corrected chi connectivity index (χ2v) is 10.2. The van der Waals surface area contributed by atoms with Crippen LogP contribution in [0, 0.1) is 0 Å². The van der Waals surface area contributed by atoms with E-state index in [9.17, 15) is 22.8 Å². The predicted molar refractivity (Wildman–Crippen MR) is 114 cm³/mol. The Balaban J connectivity index is 1.09. The number of nitrogens with zero attached hydrogens (tertiary/aromatic N) is 2. The SMILES string of the molecule is O=C1CC(C(=O)NC23CCC(c4nnc(C5CC(OC(F)(F)F)C5)o4)(CC2)O3)Oc2ccc(Cl)cc21. The molecule has 2 saturated heterocycles. The van der Waals surface area contributed by atoms with Gasteiger partial charge in [0.15, 0.2) is 11.9 Å². The van der Waals surface area contributed by atoms with Crippen molar-refractivity contribution in [3.63, 3.8) is 0 Å². The third-order valence-electron chi connectivity index (χ3n) is 7.36. The molecule has 1 saturated carbocycles. The maximum absolute atomic E-state index is 13.0. The van der Waals surface area contributed by atoms with Gasteiger partial charge < -0.3 is 19.2 Å². The van der Waals surface area contributed by atoms with Crippen LogP contribution < -0.4 is 10.1 Å². The molecule has 36 heavy (non-hydrogen) atoms. The van der Waals surface area contributed by atoms with Gasteiger partial charge >= 0.3 is 6.36 Å². The molecule has 1 N–H and O–H groups in total. The highest BCUT2D eigenvalue weighted by Gasteiger charge is 2.60. The van der Waals surface area contributed by atoms with Gasteiger partial charge in [-0.05, 0) is 56.7 Å². The van der Waals surface area contributed by atoms with E-state index in [4.69, 9.17) is 25.5 Å². The first-order chi connectivity index (χ1) is 17.0. The lowest BCUT2D eigenvalue weighted by Gasteiger charge is -2.32. The Bertz CT molecular complexity index is 1220. The van der Waals surface area contributed by atoms with Gasteiger partial charge in [-0.25, -0.2) is 0 Å². The molecule has 1 unspecified atom stereocenters. The largest absolute Gasteiger partial charge is 0.522 e. The van der Waals surface area contributed by atoms with E-state index in [2.05, 4.69) is 20.3 Å². The zero-order valence-corrected chi connectivity index (χ0v) is 19.5. The van der Waals surface area contributed by atoms with Crippen molar-refractivity contribution in [1.82, 2.24) is 15.5 Å². The fourth-order valence-electron chi connectivity index (χ4n) is 5.43. The second-order valence-electron chi connectivity index (χ2n) is 9.75. The molecule has 2 aromatic rings. The van der Waals surface area contributed by atoms with Gasteiger partial charge in [0.2, 0.25) is 11.8 Å². The van der Waals surface area contributed by atoms with Crippen molar-refractivity contribution < 1.29 is 41.4 Å². The quantitative estimate of drug-likeness (QED) is 0.617. The van der Waals surface area contributed by atoms with Crippen LogP contribution in [-0.2, 0) is 19.9 Å². The Morgan fingerprint density at radius 1 is 1.17 bits per heavy atom. The summed E-state index contributed by atoms with van der Waals surface area (Å²) in [5, 5.41) is 11.5. The number of halogens is 4.